The monoisotopic (exact) mass is 632 g/mol. The molecule has 1 aliphatic rings. The molecule has 46 heavy (non-hydrogen) atoms. The van der Waals surface area contributed by atoms with E-state index in [-0.39, 0.29) is 17.9 Å². The second-order valence-electron chi connectivity index (χ2n) is 14.6. The molecular formula is C40H60N2O4. The first-order valence-corrected chi connectivity index (χ1v) is 17.8. The Labute approximate surface area is 279 Å². The topological polar surface area (TPSA) is 81.2 Å². The summed E-state index contributed by atoms with van der Waals surface area (Å²) in [6, 6.07) is 7.24. The number of nitrogens with zero attached hydrogens (tertiary/aromatic N) is 2. The molecule has 0 spiro atoms. The van der Waals surface area contributed by atoms with Crippen LogP contribution in [0.25, 0.3) is 5.53 Å². The molecule has 3 rings (SSSR count). The number of hydrogen-bond acceptors (Lipinski definition) is 4. The zero-order chi connectivity index (χ0) is 33.9. The number of rotatable bonds is 18. The summed E-state index contributed by atoms with van der Waals surface area (Å²) < 4.78 is 18.2. The largest absolute Gasteiger partial charge is 0.488 e. The fourth-order valence-electron chi connectivity index (χ4n) is 6.81. The molecule has 0 amide bonds. The first kappa shape index (κ1) is 37.3. The average Bonchev–Trinajstić information content (AvgIpc) is 3.01. The van der Waals surface area contributed by atoms with E-state index in [1.54, 1.807) is 19.1 Å². The lowest BCUT2D eigenvalue weighted by Gasteiger charge is -2.38. The number of benzene rings is 2. The van der Waals surface area contributed by atoms with Crippen molar-refractivity contribution in [3.05, 3.63) is 63.2 Å². The zero-order valence-electron chi connectivity index (χ0n) is 30.3. The predicted molar refractivity (Wildman–Crippen MR) is 188 cm³/mol. The van der Waals surface area contributed by atoms with Crippen LogP contribution < -0.4 is 9.47 Å². The van der Waals surface area contributed by atoms with Crippen LogP contribution in [-0.4, -0.2) is 28.7 Å². The van der Waals surface area contributed by atoms with Gasteiger partial charge in [-0.3, -0.25) is 0 Å². The van der Waals surface area contributed by atoms with Crippen LogP contribution in [0.15, 0.2) is 24.3 Å². The molecule has 6 nitrogen and oxygen atoms in total. The van der Waals surface area contributed by atoms with E-state index in [1.165, 1.54) is 56.9 Å². The summed E-state index contributed by atoms with van der Waals surface area (Å²) in [5.41, 5.74) is 15.2. The van der Waals surface area contributed by atoms with Crippen molar-refractivity contribution in [1.82, 2.24) is 0 Å². The Morgan fingerprint density at radius 3 is 2.11 bits per heavy atom. The molecule has 0 saturated heterocycles. The number of fused-ring (bicyclic) bond motifs is 1. The van der Waals surface area contributed by atoms with Crippen LogP contribution in [0.1, 0.15) is 139 Å². The van der Waals surface area contributed by atoms with E-state index in [4.69, 9.17) is 14.2 Å². The van der Waals surface area contributed by atoms with Gasteiger partial charge in [-0.2, -0.15) is 4.79 Å². The van der Waals surface area contributed by atoms with Gasteiger partial charge < -0.3 is 19.7 Å². The highest BCUT2D eigenvalue weighted by Gasteiger charge is 2.34. The van der Waals surface area contributed by atoms with E-state index in [0.29, 0.717) is 12.2 Å². The van der Waals surface area contributed by atoms with Gasteiger partial charge in [0.15, 0.2) is 0 Å². The van der Waals surface area contributed by atoms with E-state index in [9.17, 15) is 10.3 Å². The van der Waals surface area contributed by atoms with Crippen molar-refractivity contribution >= 4 is 11.7 Å². The van der Waals surface area contributed by atoms with Crippen molar-refractivity contribution in [2.75, 3.05) is 6.61 Å². The Kier molecular flexibility index (Phi) is 14.4. The number of carbonyl (C=O) groups excluding carboxylic acids is 1. The molecule has 1 heterocycles. The highest BCUT2D eigenvalue weighted by molar-refractivity contribution is 6.40. The summed E-state index contributed by atoms with van der Waals surface area (Å²) in [5, 5.41) is 0. The Bertz CT molecular complexity index is 1340. The zero-order valence-corrected chi connectivity index (χ0v) is 30.3. The van der Waals surface area contributed by atoms with Gasteiger partial charge in [0.05, 0.1) is 12.2 Å². The van der Waals surface area contributed by atoms with Crippen LogP contribution in [0, 0.1) is 38.5 Å². The van der Waals surface area contributed by atoms with Crippen LogP contribution >= 0.6 is 0 Å². The van der Waals surface area contributed by atoms with Crippen LogP contribution in [0.5, 0.6) is 11.5 Å². The molecule has 2 aromatic rings. The van der Waals surface area contributed by atoms with Crippen LogP contribution in [0.4, 0.5) is 0 Å². The number of esters is 1. The Morgan fingerprint density at radius 1 is 0.913 bits per heavy atom. The standard InChI is InChI=1S/C40H60N2O4/c1-10-44-39(43)36(42-41)34-21-19-33(20-22-34)26-45-37-30(6)31(7)38-35(32(37)8)23-25-40(9,46-38)24-13-18-29(5)17-12-16-28(4)15-11-14-27(2)3/h19-22,27-29H,10-18,23-26H2,1-9H3/t28-,29-,40-/m1/s1. The maximum atomic E-state index is 12.1. The molecule has 0 N–H and O–H groups in total. The van der Waals surface area contributed by atoms with E-state index in [2.05, 4.69) is 60.2 Å². The molecule has 0 unspecified atom stereocenters. The van der Waals surface area contributed by atoms with Crippen molar-refractivity contribution in [2.45, 2.75) is 145 Å². The van der Waals surface area contributed by atoms with Gasteiger partial charge in [-0.1, -0.05) is 84.8 Å². The lowest BCUT2D eigenvalue weighted by molar-refractivity contribution is -0.139. The van der Waals surface area contributed by atoms with Crippen molar-refractivity contribution in [3.8, 4) is 11.5 Å². The molecule has 0 fully saturated rings. The molecule has 0 bridgehead atoms. The van der Waals surface area contributed by atoms with Crippen molar-refractivity contribution in [2.24, 2.45) is 17.8 Å². The minimum atomic E-state index is -0.652. The Hall–Kier alpha value is -3.11. The van der Waals surface area contributed by atoms with E-state index in [0.717, 1.165) is 70.8 Å². The average molecular weight is 633 g/mol. The lowest BCUT2D eigenvalue weighted by Crippen LogP contribution is -2.37. The molecule has 254 valence electrons. The molecule has 0 radical (unpaired) electrons. The van der Waals surface area contributed by atoms with Crippen molar-refractivity contribution in [1.29, 1.82) is 0 Å². The van der Waals surface area contributed by atoms with Crippen molar-refractivity contribution in [3.63, 3.8) is 0 Å². The molecule has 6 heteroatoms. The summed E-state index contributed by atoms with van der Waals surface area (Å²) in [7, 11) is 0. The molecule has 1 aliphatic heterocycles. The van der Waals surface area contributed by atoms with Gasteiger partial charge in [-0.25, -0.2) is 4.79 Å². The summed E-state index contributed by atoms with van der Waals surface area (Å²) in [4.78, 5) is 15.2. The van der Waals surface area contributed by atoms with Gasteiger partial charge in [0.25, 0.3) is 0 Å². The van der Waals surface area contributed by atoms with Gasteiger partial charge >= 0.3 is 11.7 Å². The quantitative estimate of drug-likeness (QED) is 0.0709. The van der Waals surface area contributed by atoms with Crippen LogP contribution in [0.2, 0.25) is 0 Å². The van der Waals surface area contributed by atoms with E-state index in [1.807, 2.05) is 12.1 Å². The summed E-state index contributed by atoms with van der Waals surface area (Å²) in [6.45, 7) is 20.5. The first-order valence-electron chi connectivity index (χ1n) is 17.8. The van der Waals surface area contributed by atoms with Gasteiger partial charge in [0.2, 0.25) is 0 Å². The second kappa shape index (κ2) is 17.7. The molecule has 3 atom stereocenters. The van der Waals surface area contributed by atoms with Crippen LogP contribution in [-0.2, 0) is 22.6 Å². The maximum absolute atomic E-state index is 12.1. The third-order valence-electron chi connectivity index (χ3n) is 10.0. The number of ether oxygens (including phenoxy) is 3. The molecule has 0 aromatic heterocycles. The van der Waals surface area contributed by atoms with Crippen molar-refractivity contribution < 1.29 is 23.8 Å². The third-order valence-corrected chi connectivity index (χ3v) is 10.0. The fraction of sp³-hybridized carbons (Fsp3) is 0.650. The highest BCUT2D eigenvalue weighted by Crippen LogP contribution is 2.45. The number of hydrogen-bond donors (Lipinski definition) is 0. The lowest BCUT2D eigenvalue weighted by atomic mass is 9.83. The second-order valence-corrected chi connectivity index (χ2v) is 14.6. The highest BCUT2D eigenvalue weighted by atomic mass is 16.5. The Balaban J connectivity index is 1.54. The SMILES string of the molecule is CCOC(=O)C(=[N+]=[N-])c1ccc(COc2c(C)c(C)c3c(c2C)CC[C@@](C)(CCC[C@H](C)CCC[C@H](C)CCCC(C)C)O3)cc1. The van der Waals surface area contributed by atoms with Gasteiger partial charge in [0.1, 0.15) is 23.7 Å². The van der Waals surface area contributed by atoms with Gasteiger partial charge in [-0.15, -0.1) is 0 Å². The first-order chi connectivity index (χ1) is 21.9. The Morgan fingerprint density at radius 2 is 1.52 bits per heavy atom. The summed E-state index contributed by atoms with van der Waals surface area (Å²) >= 11 is 0. The normalized spacial score (nSPS) is 17.1. The maximum Gasteiger partial charge on any atom is 0.422 e. The minimum absolute atomic E-state index is 0.110. The summed E-state index contributed by atoms with van der Waals surface area (Å²) in [5.74, 6) is 3.77. The minimum Gasteiger partial charge on any atom is -0.488 e. The van der Waals surface area contributed by atoms with Crippen LogP contribution in [0.3, 0.4) is 0 Å². The van der Waals surface area contributed by atoms with E-state index >= 15 is 0 Å². The number of carbonyl (C=O) groups is 1. The smallest absolute Gasteiger partial charge is 0.422 e. The molecular weight excluding hydrogens is 572 g/mol. The predicted octanol–water partition coefficient (Wildman–Crippen LogP) is 10.3. The molecule has 0 aliphatic carbocycles. The molecule has 0 saturated carbocycles. The van der Waals surface area contributed by atoms with Gasteiger partial charge in [-0.05, 0) is 112 Å². The molecule has 2 aromatic carbocycles. The van der Waals surface area contributed by atoms with Gasteiger partial charge in [0, 0.05) is 5.56 Å². The third kappa shape index (κ3) is 10.5. The fourth-order valence-corrected chi connectivity index (χ4v) is 6.81. The van der Waals surface area contributed by atoms with E-state index < -0.39 is 5.97 Å². The summed E-state index contributed by atoms with van der Waals surface area (Å²) in [6.07, 6.45) is 13.8.